The minimum absolute atomic E-state index is 0.0268. The second-order valence-corrected chi connectivity index (χ2v) is 7.23. The molecule has 2 fully saturated rings. The lowest BCUT2D eigenvalue weighted by Crippen LogP contribution is -2.58. The van der Waals surface area contributed by atoms with Crippen molar-refractivity contribution in [2.45, 2.75) is 57.9 Å². The summed E-state index contributed by atoms with van der Waals surface area (Å²) in [4.78, 5) is 40.6. The van der Waals surface area contributed by atoms with Gasteiger partial charge >= 0.3 is 5.97 Å². The van der Waals surface area contributed by atoms with Crippen LogP contribution < -0.4 is 0 Å². The van der Waals surface area contributed by atoms with Crippen molar-refractivity contribution in [1.29, 1.82) is 0 Å². The maximum atomic E-state index is 13.1. The van der Waals surface area contributed by atoms with Crippen molar-refractivity contribution in [2.75, 3.05) is 33.4 Å². The average molecular weight is 354 g/mol. The fraction of sp³-hybridized carbons (Fsp3) is 0.833. The minimum atomic E-state index is -1.05. The lowest BCUT2D eigenvalue weighted by molar-refractivity contribution is -0.162. The van der Waals surface area contributed by atoms with E-state index >= 15 is 0 Å². The molecule has 0 aliphatic carbocycles. The predicted molar refractivity (Wildman–Crippen MR) is 92.0 cm³/mol. The van der Waals surface area contributed by atoms with E-state index in [-0.39, 0.29) is 25.0 Å². The van der Waals surface area contributed by atoms with Crippen LogP contribution in [0.25, 0.3) is 0 Å². The topological polar surface area (TPSA) is 87.2 Å². The van der Waals surface area contributed by atoms with Gasteiger partial charge in [0.2, 0.25) is 11.8 Å². The van der Waals surface area contributed by atoms with Gasteiger partial charge in [0.25, 0.3) is 0 Å². The number of rotatable bonds is 6. The molecular formula is C18H30N2O5. The normalized spacial score (nSPS) is 27.2. The lowest BCUT2D eigenvalue weighted by Gasteiger charge is -2.43. The number of hydrogen-bond donors (Lipinski definition) is 1. The maximum Gasteiger partial charge on any atom is 0.313 e. The molecule has 2 rings (SSSR count). The molecule has 2 unspecified atom stereocenters. The van der Waals surface area contributed by atoms with Crippen LogP contribution in [0.15, 0.2) is 0 Å². The Bertz CT molecular complexity index is 506. The molecule has 0 saturated carbocycles. The molecule has 2 aliphatic heterocycles. The lowest BCUT2D eigenvalue weighted by atomic mass is 9.80. The molecule has 0 spiro atoms. The number of likely N-dealkylation sites (tertiary alicyclic amines) is 2. The number of nitrogens with zero attached hydrogens (tertiary/aromatic N) is 2. The van der Waals surface area contributed by atoms with E-state index in [4.69, 9.17) is 4.74 Å². The van der Waals surface area contributed by atoms with E-state index in [1.807, 2.05) is 6.92 Å². The largest absolute Gasteiger partial charge is 0.481 e. The van der Waals surface area contributed by atoms with Crippen LogP contribution in [0.3, 0.4) is 0 Å². The number of amides is 2. The Morgan fingerprint density at radius 2 is 1.96 bits per heavy atom. The van der Waals surface area contributed by atoms with E-state index in [1.54, 1.807) is 9.80 Å². The smallest absolute Gasteiger partial charge is 0.313 e. The van der Waals surface area contributed by atoms with Gasteiger partial charge in [-0.3, -0.25) is 14.4 Å². The van der Waals surface area contributed by atoms with Crippen molar-refractivity contribution in [3.05, 3.63) is 0 Å². The molecule has 0 aromatic rings. The quantitative estimate of drug-likeness (QED) is 0.781. The highest BCUT2D eigenvalue weighted by Gasteiger charge is 2.45. The van der Waals surface area contributed by atoms with Crippen molar-refractivity contribution in [2.24, 2.45) is 5.41 Å². The van der Waals surface area contributed by atoms with Gasteiger partial charge in [-0.15, -0.1) is 0 Å². The number of carbonyl (C=O) groups is 3. The van der Waals surface area contributed by atoms with Crippen LogP contribution in [-0.4, -0.2) is 72.1 Å². The number of aliphatic carboxylic acids is 1. The van der Waals surface area contributed by atoms with E-state index in [1.165, 1.54) is 7.11 Å². The molecule has 2 saturated heterocycles. The molecule has 0 aromatic carbocycles. The van der Waals surface area contributed by atoms with E-state index < -0.39 is 17.4 Å². The SMILES string of the molecule is CCCC(=O)N1CCCCC1C(=O)N1CCCC(COC)(C(=O)O)C1. The third-order valence-corrected chi connectivity index (χ3v) is 5.33. The Morgan fingerprint density at radius 1 is 1.20 bits per heavy atom. The summed E-state index contributed by atoms with van der Waals surface area (Å²) >= 11 is 0. The Balaban J connectivity index is 2.14. The average Bonchev–Trinajstić information content (AvgIpc) is 2.61. The number of methoxy groups -OCH3 is 1. The predicted octanol–water partition coefficient (Wildman–Crippen LogP) is 1.51. The zero-order valence-electron chi connectivity index (χ0n) is 15.3. The van der Waals surface area contributed by atoms with Gasteiger partial charge < -0.3 is 19.6 Å². The Labute approximate surface area is 149 Å². The first-order valence-electron chi connectivity index (χ1n) is 9.26. The van der Waals surface area contributed by atoms with Gasteiger partial charge in [0.1, 0.15) is 11.5 Å². The molecule has 2 heterocycles. The number of hydrogen-bond acceptors (Lipinski definition) is 4. The van der Waals surface area contributed by atoms with Crippen LogP contribution in [0.5, 0.6) is 0 Å². The third kappa shape index (κ3) is 4.32. The van der Waals surface area contributed by atoms with Crippen LogP contribution in [0, 0.1) is 5.41 Å². The van der Waals surface area contributed by atoms with Crippen molar-refractivity contribution in [3.63, 3.8) is 0 Å². The number of piperidine rings is 2. The molecule has 0 aromatic heterocycles. The molecule has 7 nitrogen and oxygen atoms in total. The molecule has 2 aliphatic rings. The zero-order chi connectivity index (χ0) is 18.4. The number of carbonyl (C=O) groups excluding carboxylic acids is 2. The number of ether oxygens (including phenoxy) is 1. The van der Waals surface area contributed by atoms with Gasteiger partial charge in [-0.05, 0) is 38.5 Å². The van der Waals surface area contributed by atoms with Crippen LogP contribution in [0.4, 0.5) is 0 Å². The molecule has 1 N–H and O–H groups in total. The molecule has 7 heteroatoms. The van der Waals surface area contributed by atoms with Crippen LogP contribution in [0.2, 0.25) is 0 Å². The van der Waals surface area contributed by atoms with Gasteiger partial charge in [0.05, 0.1) is 6.61 Å². The van der Waals surface area contributed by atoms with Crippen LogP contribution >= 0.6 is 0 Å². The molecule has 0 radical (unpaired) electrons. The van der Waals surface area contributed by atoms with Gasteiger partial charge in [0.15, 0.2) is 0 Å². The van der Waals surface area contributed by atoms with Crippen LogP contribution in [0.1, 0.15) is 51.9 Å². The summed E-state index contributed by atoms with van der Waals surface area (Å²) in [7, 11) is 1.48. The summed E-state index contributed by atoms with van der Waals surface area (Å²) < 4.78 is 5.13. The van der Waals surface area contributed by atoms with E-state index in [9.17, 15) is 19.5 Å². The summed E-state index contributed by atoms with van der Waals surface area (Å²) in [6.45, 7) is 3.36. The Kier molecular flexibility index (Phi) is 6.81. The molecule has 142 valence electrons. The minimum Gasteiger partial charge on any atom is -0.481 e. The second kappa shape index (κ2) is 8.65. The van der Waals surface area contributed by atoms with Crippen LogP contribution in [-0.2, 0) is 19.1 Å². The monoisotopic (exact) mass is 354 g/mol. The van der Waals surface area contributed by atoms with Crippen molar-refractivity contribution < 1.29 is 24.2 Å². The van der Waals surface area contributed by atoms with Gasteiger partial charge in [-0.1, -0.05) is 6.92 Å². The first kappa shape index (κ1) is 19.7. The zero-order valence-corrected chi connectivity index (χ0v) is 15.3. The molecule has 0 bridgehead atoms. The van der Waals surface area contributed by atoms with Gasteiger partial charge in [-0.25, -0.2) is 0 Å². The molecular weight excluding hydrogens is 324 g/mol. The maximum absolute atomic E-state index is 13.1. The highest BCUT2D eigenvalue weighted by atomic mass is 16.5. The van der Waals surface area contributed by atoms with E-state index in [2.05, 4.69) is 0 Å². The second-order valence-electron chi connectivity index (χ2n) is 7.23. The Hall–Kier alpha value is -1.63. The number of carboxylic acids is 1. The van der Waals surface area contributed by atoms with E-state index in [0.29, 0.717) is 38.8 Å². The van der Waals surface area contributed by atoms with Gasteiger partial charge in [-0.2, -0.15) is 0 Å². The van der Waals surface area contributed by atoms with E-state index in [0.717, 1.165) is 19.3 Å². The highest BCUT2D eigenvalue weighted by Crippen LogP contribution is 2.32. The molecule has 2 atom stereocenters. The number of carboxylic acid groups (broad SMARTS) is 1. The standard InChI is InChI=1S/C18H30N2O5/c1-3-7-15(21)20-11-5-4-8-14(20)16(22)19-10-6-9-18(12-19,13-25-2)17(23)24/h14H,3-13H2,1-2H3,(H,23,24). The van der Waals surface area contributed by atoms with Crippen molar-refractivity contribution >= 4 is 17.8 Å². The fourth-order valence-electron chi connectivity index (χ4n) is 4.01. The Morgan fingerprint density at radius 3 is 2.60 bits per heavy atom. The summed E-state index contributed by atoms with van der Waals surface area (Å²) in [5.74, 6) is -1.00. The fourth-order valence-corrected chi connectivity index (χ4v) is 4.01. The van der Waals surface area contributed by atoms with Crippen molar-refractivity contribution in [1.82, 2.24) is 9.80 Å². The summed E-state index contributed by atoms with van der Waals surface area (Å²) in [6, 6.07) is -0.445. The molecule has 25 heavy (non-hydrogen) atoms. The summed E-state index contributed by atoms with van der Waals surface area (Å²) in [5, 5.41) is 9.66. The first-order chi connectivity index (χ1) is 11.9. The third-order valence-electron chi connectivity index (χ3n) is 5.33. The molecule has 2 amide bonds. The highest BCUT2D eigenvalue weighted by molar-refractivity contribution is 5.88. The van der Waals surface area contributed by atoms with Crippen molar-refractivity contribution in [3.8, 4) is 0 Å². The summed E-state index contributed by atoms with van der Waals surface area (Å²) in [6.07, 6.45) is 4.85. The summed E-state index contributed by atoms with van der Waals surface area (Å²) in [5.41, 5.74) is -1.05. The van der Waals surface area contributed by atoms with Gasteiger partial charge in [0, 0.05) is 33.2 Å². The first-order valence-corrected chi connectivity index (χ1v) is 9.26.